The Morgan fingerprint density at radius 3 is 2.71 bits per heavy atom. The third kappa shape index (κ3) is 1.57. The molecule has 0 N–H and O–H groups in total. The number of fused-ring (bicyclic) bond motifs is 2. The lowest BCUT2D eigenvalue weighted by atomic mass is 9.76. The second-order valence-corrected chi connectivity index (χ2v) is 6.16. The van der Waals surface area contributed by atoms with Crippen molar-refractivity contribution in [2.75, 3.05) is 18.5 Å². The van der Waals surface area contributed by atoms with Crippen molar-refractivity contribution in [1.82, 2.24) is 0 Å². The molecule has 0 saturated carbocycles. The Balaban J connectivity index is 1.87. The lowest BCUT2D eigenvalue weighted by Crippen LogP contribution is -2.35. The predicted molar refractivity (Wildman–Crippen MR) is 81.7 cm³/mol. The maximum Gasteiger partial charge on any atom is 0.339 e. The number of likely N-dealkylation sites (N-methyl/N-ethyl adjacent to an activating group) is 1. The number of cyclic esters (lactones) is 1. The van der Waals surface area contributed by atoms with Crippen LogP contribution in [0.5, 0.6) is 0 Å². The van der Waals surface area contributed by atoms with Crippen LogP contribution in [0, 0.1) is 0 Å². The molecule has 2 aliphatic rings. The van der Waals surface area contributed by atoms with Gasteiger partial charge >= 0.3 is 5.97 Å². The minimum Gasteiger partial charge on any atom is -0.453 e. The van der Waals surface area contributed by atoms with E-state index in [4.69, 9.17) is 4.74 Å². The standard InChI is InChI=1S/C18H17NO2/c1-18(11-19(2)15-10-6-5-9-14(15)18)16-12-7-3-4-8-13(12)17(20)21-16/h3-10,16H,11H2,1-2H3. The smallest absolute Gasteiger partial charge is 0.339 e. The van der Waals surface area contributed by atoms with Gasteiger partial charge in [0, 0.05) is 24.8 Å². The number of para-hydroxylation sites is 1. The zero-order valence-electron chi connectivity index (χ0n) is 12.2. The molecule has 3 nitrogen and oxygen atoms in total. The summed E-state index contributed by atoms with van der Waals surface area (Å²) in [7, 11) is 2.09. The van der Waals surface area contributed by atoms with Gasteiger partial charge in [0.2, 0.25) is 0 Å². The molecule has 2 aliphatic heterocycles. The number of ether oxygens (including phenoxy) is 1. The summed E-state index contributed by atoms with van der Waals surface area (Å²) < 4.78 is 5.76. The maximum absolute atomic E-state index is 12.1. The van der Waals surface area contributed by atoms with Crippen LogP contribution in [0.25, 0.3) is 0 Å². The van der Waals surface area contributed by atoms with E-state index >= 15 is 0 Å². The van der Waals surface area contributed by atoms with Gasteiger partial charge < -0.3 is 9.64 Å². The van der Waals surface area contributed by atoms with E-state index in [0.717, 1.165) is 12.1 Å². The largest absolute Gasteiger partial charge is 0.453 e. The van der Waals surface area contributed by atoms with E-state index in [1.54, 1.807) is 0 Å². The number of nitrogens with zero attached hydrogens (tertiary/aromatic N) is 1. The van der Waals surface area contributed by atoms with Crippen LogP contribution in [-0.2, 0) is 10.2 Å². The van der Waals surface area contributed by atoms with Gasteiger partial charge in [0.1, 0.15) is 6.10 Å². The zero-order chi connectivity index (χ0) is 14.6. The van der Waals surface area contributed by atoms with Crippen LogP contribution in [0.15, 0.2) is 48.5 Å². The highest BCUT2D eigenvalue weighted by atomic mass is 16.5. The molecule has 0 bridgehead atoms. The molecule has 0 spiro atoms. The predicted octanol–water partition coefficient (Wildman–Crippen LogP) is 3.31. The molecule has 2 atom stereocenters. The second-order valence-electron chi connectivity index (χ2n) is 6.16. The van der Waals surface area contributed by atoms with Crippen LogP contribution in [0.3, 0.4) is 0 Å². The van der Waals surface area contributed by atoms with Crippen LogP contribution in [0.1, 0.15) is 34.5 Å². The van der Waals surface area contributed by atoms with E-state index < -0.39 is 0 Å². The Labute approximate surface area is 124 Å². The van der Waals surface area contributed by atoms with Gasteiger partial charge in [0.15, 0.2) is 0 Å². The Bertz CT molecular complexity index is 740. The molecular weight excluding hydrogens is 262 g/mol. The summed E-state index contributed by atoms with van der Waals surface area (Å²) in [5, 5.41) is 0. The van der Waals surface area contributed by atoms with Crippen molar-refractivity contribution in [3.05, 3.63) is 65.2 Å². The molecule has 3 heteroatoms. The third-order valence-corrected chi connectivity index (χ3v) is 4.76. The summed E-state index contributed by atoms with van der Waals surface area (Å²) in [6, 6.07) is 16.1. The summed E-state index contributed by atoms with van der Waals surface area (Å²) >= 11 is 0. The summed E-state index contributed by atoms with van der Waals surface area (Å²) in [6.07, 6.45) is -0.215. The van der Waals surface area contributed by atoms with Crippen molar-refractivity contribution in [3.63, 3.8) is 0 Å². The van der Waals surface area contributed by atoms with Crippen LogP contribution in [-0.4, -0.2) is 19.6 Å². The fraction of sp³-hybridized carbons (Fsp3) is 0.278. The number of rotatable bonds is 1. The van der Waals surface area contributed by atoms with Crippen molar-refractivity contribution in [1.29, 1.82) is 0 Å². The van der Waals surface area contributed by atoms with E-state index in [2.05, 4.69) is 43.1 Å². The molecule has 2 aromatic rings. The number of esters is 1. The van der Waals surface area contributed by atoms with Gasteiger partial charge in [-0.2, -0.15) is 0 Å². The Kier molecular flexibility index (Phi) is 2.43. The first-order chi connectivity index (χ1) is 10.1. The first-order valence-electron chi connectivity index (χ1n) is 7.22. The van der Waals surface area contributed by atoms with Gasteiger partial charge in [0.05, 0.1) is 11.0 Å². The Morgan fingerprint density at radius 2 is 1.86 bits per heavy atom. The summed E-state index contributed by atoms with van der Waals surface area (Å²) in [6.45, 7) is 3.04. The molecule has 0 aromatic heterocycles. The molecular formula is C18H17NO2. The number of carbonyl (C=O) groups excluding carboxylic acids is 1. The highest BCUT2D eigenvalue weighted by Gasteiger charge is 2.50. The van der Waals surface area contributed by atoms with Crippen LogP contribution in [0.2, 0.25) is 0 Å². The Morgan fingerprint density at radius 1 is 1.14 bits per heavy atom. The highest BCUT2D eigenvalue weighted by Crippen LogP contribution is 2.51. The van der Waals surface area contributed by atoms with Crippen molar-refractivity contribution < 1.29 is 9.53 Å². The quantitative estimate of drug-likeness (QED) is 0.750. The normalized spacial score (nSPS) is 26.5. The minimum absolute atomic E-state index is 0.205. The van der Waals surface area contributed by atoms with Crippen LogP contribution >= 0.6 is 0 Å². The molecule has 4 rings (SSSR count). The van der Waals surface area contributed by atoms with Crippen molar-refractivity contribution in [2.45, 2.75) is 18.4 Å². The number of hydrogen-bond acceptors (Lipinski definition) is 3. The van der Waals surface area contributed by atoms with Crippen LogP contribution < -0.4 is 4.90 Å². The van der Waals surface area contributed by atoms with Crippen molar-refractivity contribution in [2.24, 2.45) is 0 Å². The van der Waals surface area contributed by atoms with E-state index in [0.29, 0.717) is 5.56 Å². The Hall–Kier alpha value is -2.29. The van der Waals surface area contributed by atoms with E-state index in [1.807, 2.05) is 24.3 Å². The molecule has 0 aliphatic carbocycles. The molecule has 2 aromatic carbocycles. The topological polar surface area (TPSA) is 29.5 Å². The van der Waals surface area contributed by atoms with E-state index in [9.17, 15) is 4.79 Å². The molecule has 2 unspecified atom stereocenters. The number of hydrogen-bond donors (Lipinski definition) is 0. The van der Waals surface area contributed by atoms with E-state index in [1.165, 1.54) is 11.3 Å². The summed E-state index contributed by atoms with van der Waals surface area (Å²) in [5.74, 6) is -0.205. The molecule has 0 amide bonds. The number of benzene rings is 2. The zero-order valence-corrected chi connectivity index (χ0v) is 12.2. The number of carbonyl (C=O) groups is 1. The molecule has 0 saturated heterocycles. The third-order valence-electron chi connectivity index (χ3n) is 4.76. The van der Waals surface area contributed by atoms with Gasteiger partial charge in [-0.15, -0.1) is 0 Å². The van der Waals surface area contributed by atoms with Gasteiger partial charge in [-0.1, -0.05) is 36.4 Å². The molecule has 2 heterocycles. The SMILES string of the molecule is CN1CC(C)(C2OC(=O)c3ccccc32)c2ccccc21. The number of anilines is 1. The van der Waals surface area contributed by atoms with Gasteiger partial charge in [-0.25, -0.2) is 4.79 Å². The van der Waals surface area contributed by atoms with Gasteiger partial charge in [-0.05, 0) is 24.6 Å². The average Bonchev–Trinajstić information content (AvgIpc) is 2.97. The highest BCUT2D eigenvalue weighted by molar-refractivity contribution is 5.94. The van der Waals surface area contributed by atoms with E-state index in [-0.39, 0.29) is 17.5 Å². The first kappa shape index (κ1) is 12.5. The van der Waals surface area contributed by atoms with Gasteiger partial charge in [0.25, 0.3) is 0 Å². The lowest BCUT2D eigenvalue weighted by molar-refractivity contribution is 0.0206. The molecule has 21 heavy (non-hydrogen) atoms. The summed E-state index contributed by atoms with van der Waals surface area (Å²) in [4.78, 5) is 14.4. The second kappa shape index (κ2) is 4.10. The maximum atomic E-state index is 12.1. The van der Waals surface area contributed by atoms with Crippen molar-refractivity contribution >= 4 is 11.7 Å². The van der Waals surface area contributed by atoms with Crippen molar-refractivity contribution in [3.8, 4) is 0 Å². The lowest BCUT2D eigenvalue weighted by Gasteiger charge is -2.31. The molecule has 0 radical (unpaired) electrons. The first-order valence-corrected chi connectivity index (χ1v) is 7.22. The molecule has 0 fully saturated rings. The monoisotopic (exact) mass is 279 g/mol. The fourth-order valence-corrected chi connectivity index (χ4v) is 3.80. The average molecular weight is 279 g/mol. The van der Waals surface area contributed by atoms with Crippen LogP contribution in [0.4, 0.5) is 5.69 Å². The van der Waals surface area contributed by atoms with Gasteiger partial charge in [-0.3, -0.25) is 0 Å². The molecule has 106 valence electrons. The minimum atomic E-state index is -0.215. The fourth-order valence-electron chi connectivity index (χ4n) is 3.80. The summed E-state index contributed by atoms with van der Waals surface area (Å²) in [5.41, 5.74) is 3.97.